The van der Waals surface area contributed by atoms with E-state index >= 15 is 0 Å². The van der Waals surface area contributed by atoms with E-state index < -0.39 is 4.92 Å². The maximum absolute atomic E-state index is 10.7. The third kappa shape index (κ3) is 3.33. The molecule has 1 aromatic carbocycles. The van der Waals surface area contributed by atoms with Crippen molar-refractivity contribution in [3.63, 3.8) is 0 Å². The number of nitrogens with one attached hydrogen (secondary N) is 1. The number of non-ortho nitro benzene ring substituents is 1. The van der Waals surface area contributed by atoms with Crippen molar-refractivity contribution >= 4 is 11.5 Å². The van der Waals surface area contributed by atoms with Crippen LogP contribution in [0, 0.1) is 22.4 Å². The topological polar surface area (TPSA) is 115 Å². The minimum Gasteiger partial charge on any atom is -0.489 e. The zero-order valence-electron chi connectivity index (χ0n) is 11.4. The lowest BCUT2D eigenvalue weighted by atomic mass is 10.2. The van der Waals surface area contributed by atoms with Crippen LogP contribution in [0.2, 0.25) is 0 Å². The normalized spacial score (nSPS) is 10.1. The van der Waals surface area contributed by atoms with E-state index in [0.717, 1.165) is 0 Å². The highest BCUT2D eigenvalue weighted by atomic mass is 16.6. The highest BCUT2D eigenvalue weighted by Crippen LogP contribution is 2.24. The predicted molar refractivity (Wildman–Crippen MR) is 77.4 cm³/mol. The molecule has 1 heterocycles. The minimum atomic E-state index is -0.453. The number of amidine groups is 1. The molecule has 21 heavy (non-hydrogen) atoms. The van der Waals surface area contributed by atoms with Crippen LogP contribution in [0.3, 0.4) is 0 Å². The molecule has 1 aromatic heterocycles. The monoisotopic (exact) mass is 286 g/mol. The first-order valence-electron chi connectivity index (χ1n) is 6.15. The Bertz CT molecular complexity index is 700. The number of nitro benzene ring substituents is 1. The van der Waals surface area contributed by atoms with Crippen LogP contribution in [0.4, 0.5) is 5.69 Å². The van der Waals surface area contributed by atoms with Gasteiger partial charge in [-0.05, 0) is 24.6 Å². The first-order valence-corrected chi connectivity index (χ1v) is 6.15. The second kappa shape index (κ2) is 6.00. The fourth-order valence-electron chi connectivity index (χ4n) is 1.86. The number of benzene rings is 1. The van der Waals surface area contributed by atoms with Gasteiger partial charge in [0.1, 0.15) is 23.9 Å². The minimum absolute atomic E-state index is 0.0191. The highest BCUT2D eigenvalue weighted by Gasteiger charge is 2.11. The van der Waals surface area contributed by atoms with Gasteiger partial charge in [-0.2, -0.15) is 0 Å². The SMILES string of the molecule is Cc1cc([N+](=O)[O-])ccc1OCc1cccnc1C(=N)N. The Morgan fingerprint density at radius 3 is 2.86 bits per heavy atom. The molecule has 0 aliphatic rings. The van der Waals surface area contributed by atoms with Gasteiger partial charge >= 0.3 is 0 Å². The van der Waals surface area contributed by atoms with Crippen molar-refractivity contribution in [1.29, 1.82) is 5.41 Å². The van der Waals surface area contributed by atoms with E-state index in [2.05, 4.69) is 4.98 Å². The Kier molecular flexibility index (Phi) is 4.13. The van der Waals surface area contributed by atoms with Crippen molar-refractivity contribution in [3.05, 3.63) is 63.5 Å². The summed E-state index contributed by atoms with van der Waals surface area (Å²) >= 11 is 0. The zero-order chi connectivity index (χ0) is 15.4. The number of hydrogen-bond donors (Lipinski definition) is 2. The van der Waals surface area contributed by atoms with Crippen LogP contribution < -0.4 is 10.5 Å². The molecule has 0 fully saturated rings. The Morgan fingerprint density at radius 2 is 2.24 bits per heavy atom. The molecule has 108 valence electrons. The largest absolute Gasteiger partial charge is 0.489 e. The number of rotatable bonds is 5. The standard InChI is InChI=1S/C14H14N4O3/c1-9-7-11(18(19)20)4-5-12(9)21-8-10-3-2-6-17-13(10)14(15)16/h2-7H,8H2,1H3,(H3,15,16). The summed E-state index contributed by atoms with van der Waals surface area (Å²) in [6.45, 7) is 1.92. The van der Waals surface area contributed by atoms with E-state index in [1.54, 1.807) is 31.3 Å². The number of aromatic nitrogens is 1. The molecule has 0 radical (unpaired) electrons. The summed E-state index contributed by atoms with van der Waals surface area (Å²) in [7, 11) is 0. The van der Waals surface area contributed by atoms with Crippen molar-refractivity contribution < 1.29 is 9.66 Å². The van der Waals surface area contributed by atoms with E-state index in [-0.39, 0.29) is 18.1 Å². The molecular formula is C14H14N4O3. The number of nitrogens with zero attached hydrogens (tertiary/aromatic N) is 2. The van der Waals surface area contributed by atoms with Gasteiger partial charge in [0, 0.05) is 23.9 Å². The first-order chi connectivity index (χ1) is 9.99. The lowest BCUT2D eigenvalue weighted by Gasteiger charge is -2.11. The molecular weight excluding hydrogens is 272 g/mol. The Morgan fingerprint density at radius 1 is 1.48 bits per heavy atom. The summed E-state index contributed by atoms with van der Waals surface area (Å²) < 4.78 is 5.63. The smallest absolute Gasteiger partial charge is 0.269 e. The van der Waals surface area contributed by atoms with Gasteiger partial charge in [-0.25, -0.2) is 0 Å². The summed E-state index contributed by atoms with van der Waals surface area (Å²) in [4.78, 5) is 14.3. The number of nitro groups is 1. The van der Waals surface area contributed by atoms with Crippen LogP contribution in [-0.2, 0) is 6.61 Å². The van der Waals surface area contributed by atoms with E-state index in [1.807, 2.05) is 0 Å². The lowest BCUT2D eigenvalue weighted by Crippen LogP contribution is -2.16. The average molecular weight is 286 g/mol. The van der Waals surface area contributed by atoms with Crippen molar-refractivity contribution in [2.45, 2.75) is 13.5 Å². The number of ether oxygens (including phenoxy) is 1. The molecule has 0 spiro atoms. The molecule has 0 amide bonds. The van der Waals surface area contributed by atoms with Gasteiger partial charge in [0.05, 0.1) is 4.92 Å². The molecule has 0 saturated carbocycles. The molecule has 0 aliphatic carbocycles. The van der Waals surface area contributed by atoms with Gasteiger partial charge in [-0.3, -0.25) is 20.5 Å². The van der Waals surface area contributed by atoms with Gasteiger partial charge in [-0.15, -0.1) is 0 Å². The number of nitrogen functional groups attached to an aromatic ring is 1. The van der Waals surface area contributed by atoms with Crippen molar-refractivity contribution in [2.75, 3.05) is 0 Å². The van der Waals surface area contributed by atoms with E-state index in [1.165, 1.54) is 12.1 Å². The zero-order valence-corrected chi connectivity index (χ0v) is 11.4. The van der Waals surface area contributed by atoms with Crippen molar-refractivity contribution in [1.82, 2.24) is 4.98 Å². The van der Waals surface area contributed by atoms with Crippen molar-refractivity contribution in [3.8, 4) is 5.75 Å². The van der Waals surface area contributed by atoms with Crippen LogP contribution in [-0.4, -0.2) is 15.7 Å². The quantitative estimate of drug-likeness (QED) is 0.378. The van der Waals surface area contributed by atoms with Gasteiger partial charge in [0.15, 0.2) is 0 Å². The second-order valence-electron chi connectivity index (χ2n) is 4.42. The summed E-state index contributed by atoms with van der Waals surface area (Å²) in [5.41, 5.74) is 7.20. The molecule has 7 heteroatoms. The summed E-state index contributed by atoms with van der Waals surface area (Å²) in [6.07, 6.45) is 1.55. The summed E-state index contributed by atoms with van der Waals surface area (Å²) in [5, 5.41) is 18.1. The fourth-order valence-corrected chi connectivity index (χ4v) is 1.86. The van der Waals surface area contributed by atoms with Crippen molar-refractivity contribution in [2.24, 2.45) is 5.73 Å². The van der Waals surface area contributed by atoms with Crippen LogP contribution in [0.25, 0.3) is 0 Å². The Hall–Kier alpha value is -2.96. The van der Waals surface area contributed by atoms with E-state index in [4.69, 9.17) is 15.9 Å². The van der Waals surface area contributed by atoms with Crippen LogP contribution >= 0.6 is 0 Å². The Balaban J connectivity index is 2.17. The highest BCUT2D eigenvalue weighted by molar-refractivity contribution is 5.94. The molecule has 3 N–H and O–H groups in total. The van der Waals surface area contributed by atoms with Gasteiger partial charge in [0.2, 0.25) is 0 Å². The first kappa shape index (κ1) is 14.4. The van der Waals surface area contributed by atoms with E-state index in [9.17, 15) is 10.1 Å². The Labute approximate surface area is 121 Å². The molecule has 0 aliphatic heterocycles. The molecule has 2 aromatic rings. The van der Waals surface area contributed by atoms with Crippen LogP contribution in [0.5, 0.6) is 5.75 Å². The predicted octanol–water partition coefficient (Wildman–Crippen LogP) is 2.16. The van der Waals surface area contributed by atoms with Gasteiger partial charge < -0.3 is 10.5 Å². The molecule has 0 atom stereocenters. The maximum atomic E-state index is 10.7. The number of aryl methyl sites for hydroxylation is 1. The van der Waals surface area contributed by atoms with Gasteiger partial charge in [-0.1, -0.05) is 6.07 Å². The molecule has 0 unspecified atom stereocenters. The van der Waals surface area contributed by atoms with Crippen LogP contribution in [0.15, 0.2) is 36.5 Å². The number of hydrogen-bond acceptors (Lipinski definition) is 5. The van der Waals surface area contributed by atoms with Gasteiger partial charge in [0.25, 0.3) is 5.69 Å². The fraction of sp³-hybridized carbons (Fsp3) is 0.143. The molecule has 2 rings (SSSR count). The van der Waals surface area contributed by atoms with E-state index in [0.29, 0.717) is 22.6 Å². The lowest BCUT2D eigenvalue weighted by molar-refractivity contribution is -0.384. The molecule has 7 nitrogen and oxygen atoms in total. The number of nitrogens with two attached hydrogens (primary N) is 1. The molecule has 0 bridgehead atoms. The summed E-state index contributed by atoms with van der Waals surface area (Å²) in [5.74, 6) is 0.411. The summed E-state index contributed by atoms with van der Waals surface area (Å²) in [6, 6.07) is 7.89. The number of pyridine rings is 1. The molecule has 0 saturated heterocycles. The van der Waals surface area contributed by atoms with Crippen LogP contribution in [0.1, 0.15) is 16.8 Å². The average Bonchev–Trinajstić information content (AvgIpc) is 2.46. The third-order valence-electron chi connectivity index (χ3n) is 2.90. The second-order valence-corrected chi connectivity index (χ2v) is 4.42. The maximum Gasteiger partial charge on any atom is 0.269 e. The third-order valence-corrected chi connectivity index (χ3v) is 2.90.